The maximum Gasteiger partial charge on any atom is 0.253 e. The predicted octanol–water partition coefficient (Wildman–Crippen LogP) is 2.03. The molecule has 0 spiro atoms. The third-order valence-electron chi connectivity index (χ3n) is 3.20. The molecule has 1 saturated heterocycles. The number of carbonyl (C=O) groups is 1. The Hall–Kier alpha value is -1.35. The van der Waals surface area contributed by atoms with Crippen LogP contribution in [0.4, 0.5) is 0 Å². The van der Waals surface area contributed by atoms with Crippen LogP contribution in [0.15, 0.2) is 24.3 Å². The van der Waals surface area contributed by atoms with E-state index in [1.165, 1.54) is 6.42 Å². The summed E-state index contributed by atoms with van der Waals surface area (Å²) in [5.74, 6) is 0.183. The fourth-order valence-corrected chi connectivity index (χ4v) is 2.30. The summed E-state index contributed by atoms with van der Waals surface area (Å²) in [7, 11) is 1.92. The molecule has 0 unspecified atom stereocenters. The zero-order valence-corrected chi connectivity index (χ0v) is 10.4. The van der Waals surface area contributed by atoms with Crippen LogP contribution in [0.2, 0.25) is 0 Å². The first-order valence-electron chi connectivity index (χ1n) is 6.34. The number of hydrogen-bond donors (Lipinski definition) is 1. The summed E-state index contributed by atoms with van der Waals surface area (Å²) in [6, 6.07) is 7.91. The number of likely N-dealkylation sites (tertiary alicyclic amines) is 1. The maximum absolute atomic E-state index is 12.3. The Morgan fingerprint density at radius 3 is 2.76 bits per heavy atom. The summed E-state index contributed by atoms with van der Waals surface area (Å²) in [6.07, 6.45) is 3.54. The topological polar surface area (TPSA) is 32.3 Å². The van der Waals surface area contributed by atoms with Gasteiger partial charge in [0.15, 0.2) is 0 Å². The summed E-state index contributed by atoms with van der Waals surface area (Å²) >= 11 is 0. The van der Waals surface area contributed by atoms with Gasteiger partial charge in [0.25, 0.3) is 5.91 Å². The number of rotatable bonds is 3. The van der Waals surface area contributed by atoms with E-state index in [9.17, 15) is 4.79 Å². The van der Waals surface area contributed by atoms with E-state index in [4.69, 9.17) is 0 Å². The average Bonchev–Trinajstić information content (AvgIpc) is 2.40. The van der Waals surface area contributed by atoms with Crippen LogP contribution >= 0.6 is 0 Å². The van der Waals surface area contributed by atoms with Gasteiger partial charge in [0.05, 0.1) is 0 Å². The number of hydrogen-bond acceptors (Lipinski definition) is 2. The van der Waals surface area contributed by atoms with Gasteiger partial charge >= 0.3 is 0 Å². The third kappa shape index (κ3) is 3.07. The van der Waals surface area contributed by atoms with Gasteiger partial charge in [-0.1, -0.05) is 12.1 Å². The molecule has 1 aromatic carbocycles. The fourth-order valence-electron chi connectivity index (χ4n) is 2.30. The van der Waals surface area contributed by atoms with E-state index in [1.54, 1.807) is 0 Å². The van der Waals surface area contributed by atoms with E-state index >= 15 is 0 Å². The van der Waals surface area contributed by atoms with Crippen LogP contribution < -0.4 is 5.32 Å². The molecule has 1 aromatic rings. The third-order valence-corrected chi connectivity index (χ3v) is 3.20. The van der Waals surface area contributed by atoms with E-state index in [0.29, 0.717) is 0 Å². The molecular formula is C14H20N2O. The Morgan fingerprint density at radius 1 is 1.29 bits per heavy atom. The molecule has 0 bridgehead atoms. The number of amides is 1. The van der Waals surface area contributed by atoms with Crippen molar-refractivity contribution in [2.24, 2.45) is 0 Å². The van der Waals surface area contributed by atoms with E-state index in [1.807, 2.05) is 36.2 Å². The molecular weight excluding hydrogens is 212 g/mol. The molecule has 2 rings (SSSR count). The van der Waals surface area contributed by atoms with Crippen molar-refractivity contribution in [3.05, 3.63) is 35.4 Å². The lowest BCUT2D eigenvalue weighted by Crippen LogP contribution is -2.35. The van der Waals surface area contributed by atoms with Gasteiger partial charge in [-0.2, -0.15) is 0 Å². The molecule has 3 heteroatoms. The standard InChI is InChI=1S/C14H20N2O/c1-15-11-12-6-5-7-13(10-12)14(17)16-8-3-2-4-9-16/h5-7,10,15H,2-4,8-9,11H2,1H3. The quantitative estimate of drug-likeness (QED) is 0.865. The second-order valence-electron chi connectivity index (χ2n) is 4.58. The Bertz CT molecular complexity index is 384. The highest BCUT2D eigenvalue weighted by atomic mass is 16.2. The van der Waals surface area contributed by atoms with Crippen LogP contribution in [0.1, 0.15) is 35.2 Å². The summed E-state index contributed by atoms with van der Waals surface area (Å²) < 4.78 is 0. The molecule has 1 heterocycles. The van der Waals surface area contributed by atoms with Gasteiger partial charge in [-0.15, -0.1) is 0 Å². The minimum absolute atomic E-state index is 0.183. The van der Waals surface area contributed by atoms with Crippen LogP contribution in [0.5, 0.6) is 0 Å². The van der Waals surface area contributed by atoms with E-state index in [2.05, 4.69) is 5.32 Å². The lowest BCUT2D eigenvalue weighted by molar-refractivity contribution is 0.0724. The summed E-state index contributed by atoms with van der Waals surface area (Å²) in [6.45, 7) is 2.63. The minimum Gasteiger partial charge on any atom is -0.339 e. The largest absolute Gasteiger partial charge is 0.339 e. The molecule has 1 N–H and O–H groups in total. The van der Waals surface area contributed by atoms with Crippen molar-refractivity contribution in [3.8, 4) is 0 Å². The summed E-state index contributed by atoms with van der Waals surface area (Å²) in [5.41, 5.74) is 1.98. The molecule has 3 nitrogen and oxygen atoms in total. The van der Waals surface area contributed by atoms with Crippen molar-refractivity contribution in [2.75, 3.05) is 20.1 Å². The highest BCUT2D eigenvalue weighted by Crippen LogP contribution is 2.14. The molecule has 0 radical (unpaired) electrons. The lowest BCUT2D eigenvalue weighted by Gasteiger charge is -2.26. The van der Waals surface area contributed by atoms with Gasteiger partial charge in [0, 0.05) is 25.2 Å². The second kappa shape index (κ2) is 5.82. The SMILES string of the molecule is CNCc1cccc(C(=O)N2CCCCC2)c1. The first kappa shape index (κ1) is 12.1. The van der Waals surface area contributed by atoms with E-state index < -0.39 is 0 Å². The Kier molecular flexibility index (Phi) is 4.15. The minimum atomic E-state index is 0.183. The number of nitrogens with one attached hydrogen (secondary N) is 1. The number of benzene rings is 1. The molecule has 0 aromatic heterocycles. The first-order valence-corrected chi connectivity index (χ1v) is 6.34. The summed E-state index contributed by atoms with van der Waals surface area (Å²) in [5, 5.41) is 3.10. The average molecular weight is 232 g/mol. The number of nitrogens with zero attached hydrogens (tertiary/aromatic N) is 1. The first-order chi connectivity index (χ1) is 8.31. The van der Waals surface area contributed by atoms with Crippen molar-refractivity contribution < 1.29 is 4.79 Å². The van der Waals surface area contributed by atoms with Gasteiger partial charge in [0.1, 0.15) is 0 Å². The molecule has 0 saturated carbocycles. The van der Waals surface area contributed by atoms with E-state index in [-0.39, 0.29) is 5.91 Å². The highest BCUT2D eigenvalue weighted by Gasteiger charge is 2.17. The highest BCUT2D eigenvalue weighted by molar-refractivity contribution is 5.94. The van der Waals surface area contributed by atoms with Crippen molar-refractivity contribution in [3.63, 3.8) is 0 Å². The number of piperidine rings is 1. The van der Waals surface area contributed by atoms with Gasteiger partial charge < -0.3 is 10.2 Å². The van der Waals surface area contributed by atoms with Crippen LogP contribution in [0.25, 0.3) is 0 Å². The van der Waals surface area contributed by atoms with Crippen LogP contribution in [0, 0.1) is 0 Å². The Labute approximate surface area is 103 Å². The smallest absolute Gasteiger partial charge is 0.253 e. The maximum atomic E-state index is 12.3. The number of carbonyl (C=O) groups excluding carboxylic acids is 1. The molecule has 92 valence electrons. The van der Waals surface area contributed by atoms with E-state index in [0.717, 1.165) is 43.6 Å². The van der Waals surface area contributed by atoms with Crippen molar-refractivity contribution in [2.45, 2.75) is 25.8 Å². The predicted molar refractivity (Wildman–Crippen MR) is 69.0 cm³/mol. The molecule has 1 amide bonds. The van der Waals surface area contributed by atoms with Crippen LogP contribution in [-0.2, 0) is 6.54 Å². The fraction of sp³-hybridized carbons (Fsp3) is 0.500. The molecule has 17 heavy (non-hydrogen) atoms. The van der Waals surface area contributed by atoms with Crippen molar-refractivity contribution in [1.29, 1.82) is 0 Å². The molecule has 1 fully saturated rings. The lowest BCUT2D eigenvalue weighted by atomic mass is 10.1. The van der Waals surface area contributed by atoms with Crippen LogP contribution in [-0.4, -0.2) is 30.9 Å². The van der Waals surface area contributed by atoms with Crippen LogP contribution in [0.3, 0.4) is 0 Å². The van der Waals surface area contributed by atoms with Gasteiger partial charge in [-0.3, -0.25) is 4.79 Å². The monoisotopic (exact) mass is 232 g/mol. The van der Waals surface area contributed by atoms with Crippen molar-refractivity contribution in [1.82, 2.24) is 10.2 Å². The Balaban J connectivity index is 2.09. The Morgan fingerprint density at radius 2 is 2.06 bits per heavy atom. The second-order valence-corrected chi connectivity index (χ2v) is 4.58. The van der Waals surface area contributed by atoms with Crippen molar-refractivity contribution >= 4 is 5.91 Å². The molecule has 0 aliphatic carbocycles. The molecule has 0 atom stereocenters. The molecule has 1 aliphatic heterocycles. The zero-order valence-electron chi connectivity index (χ0n) is 10.4. The normalized spacial score (nSPS) is 15.9. The summed E-state index contributed by atoms with van der Waals surface area (Å²) in [4.78, 5) is 14.2. The van der Waals surface area contributed by atoms with Gasteiger partial charge in [0.2, 0.25) is 0 Å². The molecule has 1 aliphatic rings. The zero-order chi connectivity index (χ0) is 12.1. The van der Waals surface area contributed by atoms with Gasteiger partial charge in [-0.05, 0) is 44.0 Å². The van der Waals surface area contributed by atoms with Gasteiger partial charge in [-0.25, -0.2) is 0 Å².